The minimum Gasteiger partial charge on any atom is -0.497 e. The average Bonchev–Trinajstić information content (AvgIpc) is 3.39. The first kappa shape index (κ1) is 35.1. The van der Waals surface area contributed by atoms with Gasteiger partial charge in [-0.3, -0.25) is 9.59 Å². The van der Waals surface area contributed by atoms with Crippen LogP contribution < -0.4 is 10.1 Å². The number of carbonyl (C=O) groups is 2. The summed E-state index contributed by atoms with van der Waals surface area (Å²) in [5.74, 6) is -1.23. The molecule has 1 amide bonds. The summed E-state index contributed by atoms with van der Waals surface area (Å²) in [6.07, 6.45) is 0.384. The Kier molecular flexibility index (Phi) is 11.7. The molecular weight excluding hydrogens is 606 g/mol. The molecule has 8 nitrogen and oxygen atoms in total. The number of carbonyl (C=O) groups excluding carboxylic acids is 2. The van der Waals surface area contributed by atoms with Crippen molar-refractivity contribution in [3.8, 4) is 28.0 Å². The molecule has 0 saturated carbocycles. The molecule has 0 aliphatic carbocycles. The maximum absolute atomic E-state index is 14.4. The van der Waals surface area contributed by atoms with E-state index < -0.39 is 41.8 Å². The van der Waals surface area contributed by atoms with Gasteiger partial charge in [0.1, 0.15) is 23.1 Å². The van der Waals surface area contributed by atoms with Gasteiger partial charge >= 0.3 is 5.97 Å². The molecule has 0 bridgehead atoms. The minimum absolute atomic E-state index is 0.141. The molecule has 10 heteroatoms. The Bertz CT molecular complexity index is 1700. The number of hydrogen-bond acceptors (Lipinski definition) is 6. The molecular formula is C37H40F2N2O6. The number of rotatable bonds is 13. The second-order valence-electron chi connectivity index (χ2n) is 11.5. The standard InChI is InChI=1S/C37H40F2N2O6/c1-22(2)41-32(19-16-29(42)20-30(43)21-33(44)47-5)34(25-6-12-27(38)13-7-25)35(26-8-14-28(39)15-9-26)36(41)37(45)40-23(3)24-10-17-31(46-4)18-11-24/h6-19,22-23,29-30,42-43H,20-21H2,1-5H3,(H,40,45)/t23?,29-,30-/m1/s1. The first-order valence-electron chi connectivity index (χ1n) is 15.3. The molecule has 4 rings (SSSR count). The van der Waals surface area contributed by atoms with Crippen LogP contribution in [0.15, 0.2) is 78.9 Å². The molecule has 248 valence electrons. The molecule has 0 aliphatic heterocycles. The van der Waals surface area contributed by atoms with Crippen molar-refractivity contribution in [3.05, 3.63) is 107 Å². The molecule has 1 unspecified atom stereocenters. The van der Waals surface area contributed by atoms with Crippen LogP contribution in [0.3, 0.4) is 0 Å². The molecule has 4 aromatic rings. The number of esters is 1. The lowest BCUT2D eigenvalue weighted by molar-refractivity contribution is -0.143. The molecule has 47 heavy (non-hydrogen) atoms. The predicted octanol–water partition coefficient (Wildman–Crippen LogP) is 6.87. The van der Waals surface area contributed by atoms with Gasteiger partial charge in [0, 0.05) is 29.3 Å². The van der Waals surface area contributed by atoms with Crippen LogP contribution >= 0.6 is 0 Å². The maximum atomic E-state index is 14.4. The van der Waals surface area contributed by atoms with Gasteiger partial charge in [0.15, 0.2) is 0 Å². The number of nitrogens with one attached hydrogen (secondary N) is 1. The summed E-state index contributed by atoms with van der Waals surface area (Å²) in [6, 6.07) is 18.2. The van der Waals surface area contributed by atoms with Gasteiger partial charge in [-0.25, -0.2) is 8.78 Å². The van der Waals surface area contributed by atoms with Crippen LogP contribution in [-0.2, 0) is 9.53 Å². The zero-order valence-electron chi connectivity index (χ0n) is 27.0. The number of aliphatic hydroxyl groups excluding tert-OH is 2. The third-order valence-electron chi connectivity index (χ3n) is 7.82. The average molecular weight is 647 g/mol. The lowest BCUT2D eigenvalue weighted by Crippen LogP contribution is -2.29. The van der Waals surface area contributed by atoms with Crippen LogP contribution in [0, 0.1) is 11.6 Å². The number of hydrogen-bond donors (Lipinski definition) is 3. The summed E-state index contributed by atoms with van der Waals surface area (Å²) in [7, 11) is 2.79. The lowest BCUT2D eigenvalue weighted by Gasteiger charge is -2.20. The van der Waals surface area contributed by atoms with Crippen molar-refractivity contribution in [1.82, 2.24) is 9.88 Å². The minimum atomic E-state index is -1.16. The van der Waals surface area contributed by atoms with Gasteiger partial charge in [0.25, 0.3) is 5.91 Å². The third kappa shape index (κ3) is 8.52. The van der Waals surface area contributed by atoms with Crippen LogP contribution in [0.4, 0.5) is 8.78 Å². The van der Waals surface area contributed by atoms with Crippen LogP contribution in [0.25, 0.3) is 28.3 Å². The fourth-order valence-corrected chi connectivity index (χ4v) is 5.50. The Balaban J connectivity index is 1.91. The van der Waals surface area contributed by atoms with Gasteiger partial charge in [-0.2, -0.15) is 0 Å². The Morgan fingerprint density at radius 2 is 1.40 bits per heavy atom. The van der Waals surface area contributed by atoms with Crippen LogP contribution in [0.1, 0.15) is 67.4 Å². The van der Waals surface area contributed by atoms with E-state index >= 15 is 0 Å². The van der Waals surface area contributed by atoms with Gasteiger partial charge in [-0.15, -0.1) is 0 Å². The molecule has 0 spiro atoms. The Labute approximate surface area is 273 Å². The van der Waals surface area contributed by atoms with E-state index in [1.807, 2.05) is 49.6 Å². The molecule has 3 aromatic carbocycles. The largest absolute Gasteiger partial charge is 0.497 e. The number of aromatic nitrogens is 1. The van der Waals surface area contributed by atoms with E-state index in [-0.39, 0.29) is 24.6 Å². The van der Waals surface area contributed by atoms with Gasteiger partial charge in [0.05, 0.1) is 38.9 Å². The van der Waals surface area contributed by atoms with E-state index in [1.54, 1.807) is 37.5 Å². The van der Waals surface area contributed by atoms with Crippen molar-refractivity contribution in [2.45, 2.75) is 57.9 Å². The Hall–Kier alpha value is -4.80. The van der Waals surface area contributed by atoms with E-state index in [4.69, 9.17) is 4.74 Å². The first-order chi connectivity index (χ1) is 22.4. The van der Waals surface area contributed by atoms with Crippen LogP contribution in [0.5, 0.6) is 5.75 Å². The van der Waals surface area contributed by atoms with Crippen LogP contribution in [-0.4, -0.2) is 53.1 Å². The normalized spacial score (nSPS) is 13.4. The highest BCUT2D eigenvalue weighted by molar-refractivity contribution is 6.06. The van der Waals surface area contributed by atoms with Crippen LogP contribution in [0.2, 0.25) is 0 Å². The van der Waals surface area contributed by atoms with Gasteiger partial charge in [-0.1, -0.05) is 42.5 Å². The molecule has 3 N–H and O–H groups in total. The second-order valence-corrected chi connectivity index (χ2v) is 11.5. The van der Waals surface area contributed by atoms with E-state index in [0.717, 1.165) is 5.56 Å². The lowest BCUT2D eigenvalue weighted by atomic mass is 9.94. The molecule has 1 heterocycles. The highest BCUT2D eigenvalue weighted by atomic mass is 19.1. The third-order valence-corrected chi connectivity index (χ3v) is 7.82. The highest BCUT2D eigenvalue weighted by Gasteiger charge is 2.30. The predicted molar refractivity (Wildman–Crippen MR) is 177 cm³/mol. The molecule has 1 aromatic heterocycles. The van der Waals surface area contributed by atoms with Crippen molar-refractivity contribution in [1.29, 1.82) is 0 Å². The summed E-state index contributed by atoms with van der Waals surface area (Å²) in [6.45, 7) is 5.67. The topological polar surface area (TPSA) is 110 Å². The number of halogens is 2. The first-order valence-corrected chi connectivity index (χ1v) is 15.3. The fourth-order valence-electron chi connectivity index (χ4n) is 5.50. The monoisotopic (exact) mass is 646 g/mol. The van der Waals surface area contributed by atoms with Crippen molar-refractivity contribution in [2.75, 3.05) is 14.2 Å². The number of benzene rings is 3. The van der Waals surface area contributed by atoms with Gasteiger partial charge in [0.2, 0.25) is 0 Å². The number of nitrogens with zero attached hydrogens (tertiary/aromatic N) is 1. The Morgan fingerprint density at radius 3 is 1.91 bits per heavy atom. The molecule has 0 fully saturated rings. The summed E-state index contributed by atoms with van der Waals surface area (Å²) >= 11 is 0. The smallest absolute Gasteiger partial charge is 0.308 e. The highest BCUT2D eigenvalue weighted by Crippen LogP contribution is 2.43. The zero-order chi connectivity index (χ0) is 34.2. The van der Waals surface area contributed by atoms with Crippen molar-refractivity contribution < 1.29 is 38.1 Å². The summed E-state index contributed by atoms with van der Waals surface area (Å²) < 4.78 is 40.0. The van der Waals surface area contributed by atoms with E-state index in [9.17, 15) is 28.6 Å². The quantitative estimate of drug-likeness (QED) is 0.137. The van der Waals surface area contributed by atoms with E-state index in [1.165, 1.54) is 37.5 Å². The molecule has 3 atom stereocenters. The summed E-state index contributed by atoms with van der Waals surface area (Å²) in [5.41, 5.74) is 3.84. The van der Waals surface area contributed by atoms with Gasteiger partial charge < -0.3 is 29.6 Å². The number of aliphatic hydroxyl groups is 2. The molecule has 0 aliphatic rings. The SMILES string of the molecule is COC(=O)C[C@H](O)C[C@H](O)C=Cc1c(-c2ccc(F)cc2)c(-c2ccc(F)cc2)c(C(=O)NC(C)c2ccc(OC)cc2)n1C(C)C. The molecule has 0 radical (unpaired) electrons. The summed E-state index contributed by atoms with van der Waals surface area (Å²) in [4.78, 5) is 26.0. The van der Waals surface area contributed by atoms with Crippen molar-refractivity contribution in [3.63, 3.8) is 0 Å². The molecule has 0 saturated heterocycles. The summed E-state index contributed by atoms with van der Waals surface area (Å²) in [5, 5.41) is 24.2. The number of ether oxygens (including phenoxy) is 2. The fraction of sp³-hybridized carbons (Fsp3) is 0.297. The van der Waals surface area contributed by atoms with Crippen molar-refractivity contribution >= 4 is 18.0 Å². The van der Waals surface area contributed by atoms with E-state index in [0.29, 0.717) is 33.7 Å². The van der Waals surface area contributed by atoms with Gasteiger partial charge in [-0.05, 0) is 79.9 Å². The number of amides is 1. The second kappa shape index (κ2) is 15.7. The Morgan fingerprint density at radius 1 is 0.851 bits per heavy atom. The van der Waals surface area contributed by atoms with Crippen molar-refractivity contribution in [2.24, 2.45) is 0 Å². The number of methoxy groups -OCH3 is 2. The zero-order valence-corrected chi connectivity index (χ0v) is 27.0. The maximum Gasteiger partial charge on any atom is 0.308 e. The van der Waals surface area contributed by atoms with E-state index in [2.05, 4.69) is 10.1 Å².